The minimum Gasteiger partial charge on any atom is -0.508 e. The first-order chi connectivity index (χ1) is 8.53. The topological polar surface area (TPSA) is 53.4 Å². The molecule has 1 aromatic carbocycles. The van der Waals surface area contributed by atoms with Gasteiger partial charge in [0.25, 0.3) is 0 Å². The summed E-state index contributed by atoms with van der Waals surface area (Å²) in [5.41, 5.74) is 0.944. The van der Waals surface area contributed by atoms with E-state index in [1.165, 1.54) is 0 Å². The van der Waals surface area contributed by atoms with Crippen molar-refractivity contribution in [2.24, 2.45) is 0 Å². The number of hydrogen-bond acceptors (Lipinski definition) is 3. The normalized spacial score (nSPS) is 13.3. The Labute approximate surface area is 107 Å². The van der Waals surface area contributed by atoms with Gasteiger partial charge in [-0.2, -0.15) is 0 Å². The quantitative estimate of drug-likeness (QED) is 0.871. The molecule has 0 fully saturated rings. The van der Waals surface area contributed by atoms with E-state index < -0.39 is 11.5 Å². The summed E-state index contributed by atoms with van der Waals surface area (Å²) in [6.07, 6.45) is 2.65. The molecule has 2 aromatic rings. The van der Waals surface area contributed by atoms with Crippen LogP contribution in [0.1, 0.15) is 31.1 Å². The molecule has 0 aliphatic heterocycles. The molecule has 1 heterocycles. The highest BCUT2D eigenvalue weighted by molar-refractivity contribution is 5.37. The number of pyridine rings is 1. The molecule has 0 saturated heterocycles. The zero-order valence-electron chi connectivity index (χ0n) is 10.5. The van der Waals surface area contributed by atoms with Gasteiger partial charge >= 0.3 is 0 Å². The van der Waals surface area contributed by atoms with Gasteiger partial charge in [0.15, 0.2) is 0 Å². The van der Waals surface area contributed by atoms with E-state index in [4.69, 9.17) is 0 Å². The van der Waals surface area contributed by atoms with Crippen molar-refractivity contribution in [1.82, 2.24) is 4.98 Å². The summed E-state index contributed by atoms with van der Waals surface area (Å²) in [6.45, 7) is 3.86. The van der Waals surface area contributed by atoms with E-state index in [1.807, 2.05) is 26.0 Å². The largest absolute Gasteiger partial charge is 0.508 e. The van der Waals surface area contributed by atoms with Crippen molar-refractivity contribution in [3.05, 3.63) is 59.9 Å². The molecule has 1 aromatic heterocycles. The monoisotopic (exact) mass is 243 g/mol. The predicted octanol–water partition coefficient (Wildman–Crippen LogP) is 2.80. The van der Waals surface area contributed by atoms with Crippen LogP contribution < -0.4 is 0 Å². The number of para-hydroxylation sites is 1. The van der Waals surface area contributed by atoms with Crippen molar-refractivity contribution in [1.29, 1.82) is 0 Å². The Balaban J connectivity index is 2.39. The van der Waals surface area contributed by atoms with Gasteiger partial charge in [-0.1, -0.05) is 38.1 Å². The zero-order valence-corrected chi connectivity index (χ0v) is 10.5. The van der Waals surface area contributed by atoms with Gasteiger partial charge in [0.05, 0.1) is 6.10 Å². The summed E-state index contributed by atoms with van der Waals surface area (Å²) >= 11 is 0. The SMILES string of the molecule is CC(C)(c1cccnc1)C(O)c1ccccc1O. The molecule has 0 aliphatic carbocycles. The summed E-state index contributed by atoms with van der Waals surface area (Å²) in [5, 5.41) is 20.3. The van der Waals surface area contributed by atoms with Crippen LogP contribution in [-0.4, -0.2) is 15.2 Å². The van der Waals surface area contributed by atoms with Gasteiger partial charge in [0.2, 0.25) is 0 Å². The van der Waals surface area contributed by atoms with Gasteiger partial charge in [-0.3, -0.25) is 4.98 Å². The van der Waals surface area contributed by atoms with Crippen LogP contribution in [0.25, 0.3) is 0 Å². The van der Waals surface area contributed by atoms with E-state index in [-0.39, 0.29) is 5.75 Å². The Hall–Kier alpha value is -1.87. The van der Waals surface area contributed by atoms with Crippen LogP contribution >= 0.6 is 0 Å². The molecule has 0 bridgehead atoms. The molecular weight excluding hydrogens is 226 g/mol. The van der Waals surface area contributed by atoms with Gasteiger partial charge in [-0.15, -0.1) is 0 Å². The summed E-state index contributed by atoms with van der Waals surface area (Å²) < 4.78 is 0. The van der Waals surface area contributed by atoms with Crippen LogP contribution in [0.3, 0.4) is 0 Å². The van der Waals surface area contributed by atoms with Crippen LogP contribution in [0.2, 0.25) is 0 Å². The molecule has 1 unspecified atom stereocenters. The standard InChI is InChI=1S/C15H17NO2/c1-15(2,11-6-5-9-16-10-11)14(18)12-7-3-4-8-13(12)17/h3-10,14,17-18H,1-2H3. The average Bonchev–Trinajstić information content (AvgIpc) is 2.39. The highest BCUT2D eigenvalue weighted by Crippen LogP contribution is 2.39. The Bertz CT molecular complexity index is 523. The maximum absolute atomic E-state index is 10.5. The van der Waals surface area contributed by atoms with Crippen LogP contribution in [0.15, 0.2) is 48.8 Å². The molecule has 0 saturated carbocycles. The fourth-order valence-electron chi connectivity index (χ4n) is 2.01. The zero-order chi connectivity index (χ0) is 13.2. The van der Waals surface area contributed by atoms with Crippen molar-refractivity contribution in [3.63, 3.8) is 0 Å². The van der Waals surface area contributed by atoms with Crippen molar-refractivity contribution in [3.8, 4) is 5.75 Å². The Morgan fingerprint density at radius 1 is 1.11 bits per heavy atom. The van der Waals surface area contributed by atoms with Gasteiger partial charge in [0, 0.05) is 23.4 Å². The minimum atomic E-state index is -0.789. The first kappa shape index (κ1) is 12.6. The van der Waals surface area contributed by atoms with Crippen molar-refractivity contribution < 1.29 is 10.2 Å². The van der Waals surface area contributed by atoms with Gasteiger partial charge in [-0.25, -0.2) is 0 Å². The molecule has 2 N–H and O–H groups in total. The second-order valence-electron chi connectivity index (χ2n) is 4.92. The van der Waals surface area contributed by atoms with E-state index in [0.29, 0.717) is 5.56 Å². The molecule has 0 spiro atoms. The fraction of sp³-hybridized carbons (Fsp3) is 0.267. The molecule has 2 rings (SSSR count). The molecule has 0 amide bonds. The highest BCUT2D eigenvalue weighted by Gasteiger charge is 2.32. The summed E-state index contributed by atoms with van der Waals surface area (Å²) in [6, 6.07) is 10.6. The predicted molar refractivity (Wildman–Crippen MR) is 70.3 cm³/mol. The first-order valence-electron chi connectivity index (χ1n) is 5.90. The average molecular weight is 243 g/mol. The third-order valence-electron chi connectivity index (χ3n) is 3.32. The number of aromatic nitrogens is 1. The van der Waals surface area contributed by atoms with E-state index >= 15 is 0 Å². The van der Waals surface area contributed by atoms with E-state index in [1.54, 1.807) is 36.7 Å². The van der Waals surface area contributed by atoms with E-state index in [0.717, 1.165) is 5.56 Å². The lowest BCUT2D eigenvalue weighted by Gasteiger charge is -2.31. The molecule has 94 valence electrons. The lowest BCUT2D eigenvalue weighted by Crippen LogP contribution is -2.27. The Morgan fingerprint density at radius 2 is 1.83 bits per heavy atom. The van der Waals surface area contributed by atoms with Crippen LogP contribution in [-0.2, 0) is 5.41 Å². The van der Waals surface area contributed by atoms with Crippen molar-refractivity contribution in [2.75, 3.05) is 0 Å². The highest BCUT2D eigenvalue weighted by atomic mass is 16.3. The number of hydrogen-bond donors (Lipinski definition) is 2. The third-order valence-corrected chi connectivity index (χ3v) is 3.32. The second kappa shape index (κ2) is 4.78. The minimum absolute atomic E-state index is 0.113. The fourth-order valence-corrected chi connectivity index (χ4v) is 2.01. The van der Waals surface area contributed by atoms with Crippen LogP contribution in [0.5, 0.6) is 5.75 Å². The first-order valence-corrected chi connectivity index (χ1v) is 5.90. The van der Waals surface area contributed by atoms with Gasteiger partial charge < -0.3 is 10.2 Å². The van der Waals surface area contributed by atoms with E-state index in [2.05, 4.69) is 4.98 Å². The molecule has 3 nitrogen and oxygen atoms in total. The summed E-state index contributed by atoms with van der Waals surface area (Å²) in [5.74, 6) is 0.113. The van der Waals surface area contributed by atoms with Crippen LogP contribution in [0.4, 0.5) is 0 Å². The lowest BCUT2D eigenvalue weighted by molar-refractivity contribution is 0.0974. The maximum Gasteiger partial charge on any atom is 0.121 e. The number of nitrogens with zero attached hydrogens (tertiary/aromatic N) is 1. The summed E-state index contributed by atoms with van der Waals surface area (Å²) in [4.78, 5) is 4.08. The Morgan fingerprint density at radius 3 is 2.44 bits per heavy atom. The maximum atomic E-state index is 10.5. The molecule has 0 aliphatic rings. The number of phenols is 1. The molecule has 18 heavy (non-hydrogen) atoms. The Kier molecular flexibility index (Phi) is 3.34. The van der Waals surface area contributed by atoms with Gasteiger partial charge in [-0.05, 0) is 17.7 Å². The molecule has 0 radical (unpaired) electrons. The molecule has 1 atom stereocenters. The van der Waals surface area contributed by atoms with Crippen LogP contribution in [0, 0.1) is 0 Å². The number of aromatic hydroxyl groups is 1. The van der Waals surface area contributed by atoms with Crippen molar-refractivity contribution >= 4 is 0 Å². The smallest absolute Gasteiger partial charge is 0.121 e. The number of aliphatic hydroxyl groups excluding tert-OH is 1. The summed E-state index contributed by atoms with van der Waals surface area (Å²) in [7, 11) is 0. The van der Waals surface area contributed by atoms with Crippen molar-refractivity contribution in [2.45, 2.75) is 25.4 Å². The lowest BCUT2D eigenvalue weighted by atomic mass is 9.77. The molecule has 3 heteroatoms. The number of benzene rings is 1. The number of aliphatic hydroxyl groups is 1. The van der Waals surface area contributed by atoms with Gasteiger partial charge in [0.1, 0.15) is 5.75 Å². The third kappa shape index (κ3) is 2.22. The number of phenolic OH excluding ortho intramolecular Hbond substituents is 1. The second-order valence-corrected chi connectivity index (χ2v) is 4.92. The van der Waals surface area contributed by atoms with E-state index in [9.17, 15) is 10.2 Å². The number of rotatable bonds is 3. The molecular formula is C15H17NO2.